The minimum absolute atomic E-state index is 0.490. The van der Waals surface area contributed by atoms with E-state index in [2.05, 4.69) is 13.1 Å². The molecule has 2 rings (SSSR count). The highest BCUT2D eigenvalue weighted by Crippen LogP contribution is 2.66. The fraction of sp³-hybridized carbons (Fsp3) is 0.455. The molecule has 0 bridgehead atoms. The SMILES string of the molecule is C#CC1(O)C(O)C(COP(=O)(O)OP(=O)(O)OP(=O)(O)O)OC1n1cc(F)c(=O)[nH]c1=S. The van der Waals surface area contributed by atoms with Gasteiger partial charge in [0.1, 0.15) is 12.2 Å². The summed E-state index contributed by atoms with van der Waals surface area (Å²) in [6, 6.07) is 0. The number of hydrogen-bond acceptors (Lipinski definition) is 11. The lowest BCUT2D eigenvalue weighted by atomic mass is 9.95. The van der Waals surface area contributed by atoms with Crippen LogP contribution in [0.5, 0.6) is 0 Å². The van der Waals surface area contributed by atoms with Gasteiger partial charge in [0.25, 0.3) is 5.56 Å². The number of ether oxygens (including phenoxy) is 1. The first kappa shape index (κ1) is 27.1. The van der Waals surface area contributed by atoms with E-state index < -0.39 is 70.3 Å². The van der Waals surface area contributed by atoms with Crippen LogP contribution in [-0.2, 0) is 31.6 Å². The van der Waals surface area contributed by atoms with Crippen LogP contribution in [-0.4, -0.2) is 63.8 Å². The van der Waals surface area contributed by atoms with Crippen LogP contribution >= 0.6 is 35.7 Å². The van der Waals surface area contributed by atoms with Crippen LogP contribution in [0.3, 0.4) is 0 Å². The number of rotatable bonds is 8. The Morgan fingerprint density at radius 1 is 1.28 bits per heavy atom. The normalized spacial score (nSPS) is 29.8. The van der Waals surface area contributed by atoms with Crippen LogP contribution < -0.4 is 5.56 Å². The van der Waals surface area contributed by atoms with Gasteiger partial charge in [0, 0.05) is 0 Å². The third-order valence-corrected chi connectivity index (χ3v) is 7.82. The van der Waals surface area contributed by atoms with Gasteiger partial charge in [-0.2, -0.15) is 13.0 Å². The average Bonchev–Trinajstić information content (AvgIpc) is 2.85. The lowest BCUT2D eigenvalue weighted by Crippen LogP contribution is -2.46. The minimum atomic E-state index is -5.80. The molecule has 7 N–H and O–H groups in total. The van der Waals surface area contributed by atoms with Crippen molar-refractivity contribution in [3.8, 4) is 12.3 Å². The number of phosphoric ester groups is 1. The zero-order chi connectivity index (χ0) is 24.7. The van der Waals surface area contributed by atoms with E-state index in [-0.39, 0.29) is 0 Å². The molecule has 1 saturated heterocycles. The number of nitrogens with one attached hydrogen (secondary N) is 1. The average molecular weight is 542 g/mol. The maximum atomic E-state index is 13.7. The summed E-state index contributed by atoms with van der Waals surface area (Å²) in [5.41, 5.74) is -3.86. The maximum absolute atomic E-state index is 13.7. The minimum Gasteiger partial charge on any atom is -0.386 e. The van der Waals surface area contributed by atoms with Gasteiger partial charge in [-0.1, -0.05) is 5.92 Å². The molecule has 1 aromatic heterocycles. The molecule has 1 fully saturated rings. The second-order valence-electron chi connectivity index (χ2n) is 5.97. The van der Waals surface area contributed by atoms with Crippen molar-refractivity contribution < 1.29 is 65.8 Å². The molecule has 0 aromatic carbocycles. The Hall–Kier alpha value is -1.12. The number of hydrogen-bond donors (Lipinski definition) is 7. The summed E-state index contributed by atoms with van der Waals surface area (Å²) < 4.78 is 64.1. The van der Waals surface area contributed by atoms with Crippen LogP contribution in [0, 0.1) is 22.9 Å². The second-order valence-corrected chi connectivity index (χ2v) is 10.8. The van der Waals surface area contributed by atoms with E-state index in [1.54, 1.807) is 5.92 Å². The Bertz CT molecular complexity index is 1190. The highest BCUT2D eigenvalue weighted by molar-refractivity contribution is 7.71. The molecule has 6 unspecified atom stereocenters. The molecule has 21 heteroatoms. The summed E-state index contributed by atoms with van der Waals surface area (Å²) in [6.45, 7) is -1.18. The molecule has 0 aliphatic carbocycles. The topological polar surface area (TPSA) is 247 Å². The Labute approximate surface area is 181 Å². The number of terminal acetylenes is 1. The number of aliphatic hydroxyl groups is 2. The highest BCUT2D eigenvalue weighted by Gasteiger charge is 2.56. The molecule has 0 spiro atoms. The van der Waals surface area contributed by atoms with Gasteiger partial charge >= 0.3 is 23.5 Å². The third-order valence-electron chi connectivity index (χ3n) is 3.71. The number of phosphoric acid groups is 3. The fourth-order valence-corrected chi connectivity index (χ4v) is 5.71. The van der Waals surface area contributed by atoms with E-state index in [4.69, 9.17) is 38.1 Å². The predicted molar refractivity (Wildman–Crippen MR) is 99.4 cm³/mol. The molecule has 180 valence electrons. The molecular weight excluding hydrogens is 528 g/mol. The van der Waals surface area contributed by atoms with E-state index in [1.807, 2.05) is 4.98 Å². The van der Waals surface area contributed by atoms with E-state index in [0.717, 1.165) is 0 Å². The quantitative estimate of drug-likeness (QED) is 0.118. The zero-order valence-electron chi connectivity index (χ0n) is 15.1. The number of halogens is 1. The number of nitrogens with zero attached hydrogens (tertiary/aromatic N) is 1. The van der Waals surface area contributed by atoms with E-state index in [9.17, 15) is 38.0 Å². The number of H-pyrrole nitrogens is 1. The summed E-state index contributed by atoms with van der Waals surface area (Å²) in [5.74, 6) is 0.413. The van der Waals surface area contributed by atoms with Crippen molar-refractivity contribution >= 4 is 35.7 Å². The van der Waals surface area contributed by atoms with Gasteiger partial charge < -0.3 is 34.5 Å². The molecular formula is C11H14FN2O14P3S. The number of aromatic amines is 1. The van der Waals surface area contributed by atoms with Gasteiger partial charge in [-0.05, 0) is 12.2 Å². The summed E-state index contributed by atoms with van der Waals surface area (Å²) in [5, 5.41) is 20.9. The smallest absolute Gasteiger partial charge is 0.386 e. The van der Waals surface area contributed by atoms with Gasteiger partial charge in [0.05, 0.1) is 12.8 Å². The van der Waals surface area contributed by atoms with Gasteiger partial charge in [0.2, 0.25) is 5.82 Å². The van der Waals surface area contributed by atoms with E-state index >= 15 is 0 Å². The molecule has 1 aliphatic heterocycles. The van der Waals surface area contributed by atoms with E-state index in [0.29, 0.717) is 10.8 Å². The Kier molecular flexibility index (Phi) is 7.85. The van der Waals surface area contributed by atoms with Crippen molar-refractivity contribution in [1.29, 1.82) is 0 Å². The molecule has 6 atom stereocenters. The first-order chi connectivity index (χ1) is 14.4. The van der Waals surface area contributed by atoms with Crippen molar-refractivity contribution in [3.63, 3.8) is 0 Å². The monoisotopic (exact) mass is 542 g/mol. The van der Waals surface area contributed by atoms with E-state index in [1.165, 1.54) is 0 Å². The fourth-order valence-electron chi connectivity index (χ4n) is 2.44. The molecule has 0 radical (unpaired) electrons. The first-order valence-corrected chi connectivity index (χ1v) is 12.7. The van der Waals surface area contributed by atoms with Crippen LogP contribution in [0.15, 0.2) is 11.0 Å². The molecule has 32 heavy (non-hydrogen) atoms. The van der Waals surface area contributed by atoms with Gasteiger partial charge in [0.15, 0.2) is 16.6 Å². The molecule has 16 nitrogen and oxygen atoms in total. The van der Waals surface area contributed by atoms with Crippen LogP contribution in [0.1, 0.15) is 6.23 Å². The lowest BCUT2D eigenvalue weighted by Gasteiger charge is -2.26. The molecule has 0 amide bonds. The van der Waals surface area contributed by atoms with Crippen molar-refractivity contribution in [2.75, 3.05) is 6.61 Å². The lowest BCUT2D eigenvalue weighted by molar-refractivity contribution is -0.0755. The standard InChI is InChI=1S/C11H14FN2O14P3S/c1-2-11(17)7(15)6(26-9(11)14-3-5(12)8(16)13-10(14)32)4-25-30(21,22)28-31(23,24)27-29(18,19)20/h1,3,6-7,9,15,17H,4H2,(H,21,22)(H,23,24)(H,13,16,32)(H2,18,19,20). The largest absolute Gasteiger partial charge is 0.490 e. The summed E-state index contributed by atoms with van der Waals surface area (Å²) in [6.07, 6.45) is -0.00896. The van der Waals surface area contributed by atoms with Gasteiger partial charge in [-0.25, -0.2) is 13.7 Å². The zero-order valence-corrected chi connectivity index (χ0v) is 18.6. The second kappa shape index (κ2) is 9.26. The van der Waals surface area contributed by atoms with Crippen molar-refractivity contribution in [3.05, 3.63) is 27.1 Å². The van der Waals surface area contributed by atoms with Gasteiger partial charge in [-0.3, -0.25) is 18.9 Å². The van der Waals surface area contributed by atoms with Crippen LogP contribution in [0.4, 0.5) is 4.39 Å². The third kappa shape index (κ3) is 6.26. The Morgan fingerprint density at radius 2 is 1.88 bits per heavy atom. The van der Waals surface area contributed by atoms with Crippen LogP contribution in [0.2, 0.25) is 0 Å². The Balaban J connectivity index is 2.23. The molecule has 1 aromatic rings. The summed E-state index contributed by atoms with van der Waals surface area (Å²) in [4.78, 5) is 48.7. The Morgan fingerprint density at radius 3 is 2.41 bits per heavy atom. The molecule has 1 aliphatic rings. The first-order valence-electron chi connectivity index (χ1n) is 7.74. The number of aromatic nitrogens is 2. The maximum Gasteiger partial charge on any atom is 0.490 e. The molecule has 2 heterocycles. The van der Waals surface area contributed by atoms with Crippen molar-refractivity contribution in [2.24, 2.45) is 0 Å². The predicted octanol–water partition coefficient (Wildman–Crippen LogP) is -0.989. The van der Waals surface area contributed by atoms with Crippen LogP contribution in [0.25, 0.3) is 0 Å². The van der Waals surface area contributed by atoms with Gasteiger partial charge in [-0.15, -0.1) is 6.42 Å². The van der Waals surface area contributed by atoms with Crippen molar-refractivity contribution in [1.82, 2.24) is 9.55 Å². The number of aliphatic hydroxyl groups excluding tert-OH is 1. The summed E-state index contributed by atoms with van der Waals surface area (Å²) in [7, 11) is -17.0. The highest BCUT2D eigenvalue weighted by atomic mass is 32.1. The molecule has 0 saturated carbocycles. The summed E-state index contributed by atoms with van der Waals surface area (Å²) >= 11 is 4.82. The van der Waals surface area contributed by atoms with Crippen molar-refractivity contribution in [2.45, 2.75) is 24.0 Å².